The van der Waals surface area contributed by atoms with Gasteiger partial charge in [0, 0.05) is 12.6 Å². The van der Waals surface area contributed by atoms with Gasteiger partial charge in [0.25, 0.3) is 0 Å². The summed E-state index contributed by atoms with van der Waals surface area (Å²) in [5.41, 5.74) is 6.07. The lowest BCUT2D eigenvalue weighted by Gasteiger charge is -2.33. The molecule has 1 aliphatic rings. The molecule has 2 nitrogen and oxygen atoms in total. The minimum Gasteiger partial charge on any atom is -0.327 e. The van der Waals surface area contributed by atoms with E-state index < -0.39 is 0 Å². The number of likely N-dealkylation sites (tertiary alicyclic amines) is 1. The molecule has 0 saturated carbocycles. The Morgan fingerprint density at radius 3 is 2.40 bits per heavy atom. The zero-order chi connectivity index (χ0) is 11.1. The van der Waals surface area contributed by atoms with Crippen LogP contribution in [0.5, 0.6) is 0 Å². The number of hydrogen-bond donors (Lipinski definition) is 1. The zero-order valence-electron chi connectivity index (χ0n) is 10.5. The molecular weight excluding hydrogens is 184 g/mol. The molecule has 1 fully saturated rings. The largest absolute Gasteiger partial charge is 0.327 e. The van der Waals surface area contributed by atoms with E-state index in [1.165, 1.54) is 51.6 Å². The molecule has 0 radical (unpaired) electrons. The summed E-state index contributed by atoms with van der Waals surface area (Å²) in [5, 5.41) is 0. The Morgan fingerprint density at radius 1 is 1.20 bits per heavy atom. The van der Waals surface area contributed by atoms with Crippen molar-refractivity contribution in [2.75, 3.05) is 19.6 Å². The Balaban J connectivity index is 2.14. The number of nitrogens with two attached hydrogens (primary N) is 1. The summed E-state index contributed by atoms with van der Waals surface area (Å²) >= 11 is 0. The van der Waals surface area contributed by atoms with Crippen LogP contribution in [0.15, 0.2) is 0 Å². The molecule has 90 valence electrons. The van der Waals surface area contributed by atoms with Crippen molar-refractivity contribution in [3.63, 3.8) is 0 Å². The lowest BCUT2D eigenvalue weighted by Crippen LogP contribution is -2.41. The Bertz CT molecular complexity index is 151. The molecule has 2 heteroatoms. The van der Waals surface area contributed by atoms with Gasteiger partial charge in [-0.3, -0.25) is 0 Å². The monoisotopic (exact) mass is 212 g/mol. The number of hydrogen-bond acceptors (Lipinski definition) is 2. The second kappa shape index (κ2) is 7.24. The molecule has 0 bridgehead atoms. The Kier molecular flexibility index (Phi) is 6.26. The summed E-state index contributed by atoms with van der Waals surface area (Å²) in [6, 6.07) is 0.401. The van der Waals surface area contributed by atoms with E-state index in [4.69, 9.17) is 5.73 Å². The molecule has 2 N–H and O–H groups in total. The van der Waals surface area contributed by atoms with Crippen molar-refractivity contribution in [3.05, 3.63) is 0 Å². The van der Waals surface area contributed by atoms with Gasteiger partial charge in [-0.15, -0.1) is 0 Å². The van der Waals surface area contributed by atoms with Crippen LogP contribution in [0, 0.1) is 5.92 Å². The Hall–Kier alpha value is -0.0800. The van der Waals surface area contributed by atoms with Crippen molar-refractivity contribution in [3.8, 4) is 0 Å². The molecule has 0 amide bonds. The molecule has 1 atom stereocenters. The Morgan fingerprint density at radius 2 is 1.87 bits per heavy atom. The summed E-state index contributed by atoms with van der Waals surface area (Å²) < 4.78 is 0. The molecule has 0 aromatic rings. The highest BCUT2D eigenvalue weighted by molar-refractivity contribution is 4.75. The first-order chi connectivity index (χ1) is 7.26. The van der Waals surface area contributed by atoms with E-state index in [9.17, 15) is 0 Å². The SMILES string of the molecule is CCCC(N)CN1CCC(CCC)CC1. The van der Waals surface area contributed by atoms with Crippen LogP contribution < -0.4 is 5.73 Å². The first-order valence-electron chi connectivity index (χ1n) is 6.74. The third-order valence-electron chi connectivity index (χ3n) is 3.56. The molecule has 1 unspecified atom stereocenters. The van der Waals surface area contributed by atoms with Gasteiger partial charge in [0.1, 0.15) is 0 Å². The van der Waals surface area contributed by atoms with Crippen LogP contribution in [0.1, 0.15) is 52.4 Å². The molecular formula is C13H28N2. The fraction of sp³-hybridized carbons (Fsp3) is 1.00. The number of piperidine rings is 1. The normalized spacial score (nSPS) is 21.8. The van der Waals surface area contributed by atoms with Gasteiger partial charge in [-0.1, -0.05) is 33.1 Å². The lowest BCUT2D eigenvalue weighted by molar-refractivity contribution is 0.168. The van der Waals surface area contributed by atoms with Crippen LogP contribution >= 0.6 is 0 Å². The minimum atomic E-state index is 0.401. The Labute approximate surface area is 95.2 Å². The summed E-state index contributed by atoms with van der Waals surface area (Å²) in [4.78, 5) is 2.56. The van der Waals surface area contributed by atoms with Gasteiger partial charge in [-0.25, -0.2) is 0 Å². The van der Waals surface area contributed by atoms with Crippen LogP contribution in [0.25, 0.3) is 0 Å². The van der Waals surface area contributed by atoms with Gasteiger partial charge in [0.2, 0.25) is 0 Å². The van der Waals surface area contributed by atoms with Gasteiger partial charge < -0.3 is 10.6 Å². The van der Waals surface area contributed by atoms with Crippen LogP contribution in [0.4, 0.5) is 0 Å². The molecule has 0 aliphatic carbocycles. The molecule has 1 heterocycles. The summed E-state index contributed by atoms with van der Waals surface area (Å²) in [6.45, 7) is 8.19. The highest BCUT2D eigenvalue weighted by atomic mass is 15.1. The molecule has 0 spiro atoms. The van der Waals surface area contributed by atoms with Crippen molar-refractivity contribution in [2.45, 2.75) is 58.4 Å². The maximum absolute atomic E-state index is 6.07. The standard InChI is InChI=1S/C13H28N2/c1-3-5-12-7-9-15(10-8-12)11-13(14)6-4-2/h12-13H,3-11,14H2,1-2H3. The minimum absolute atomic E-state index is 0.401. The van der Waals surface area contributed by atoms with E-state index in [1.54, 1.807) is 0 Å². The van der Waals surface area contributed by atoms with Gasteiger partial charge in [0.15, 0.2) is 0 Å². The topological polar surface area (TPSA) is 29.3 Å². The molecule has 1 saturated heterocycles. The third kappa shape index (κ3) is 4.98. The van der Waals surface area contributed by atoms with Gasteiger partial charge in [-0.05, 0) is 38.3 Å². The number of nitrogens with zero attached hydrogens (tertiary/aromatic N) is 1. The van der Waals surface area contributed by atoms with E-state index in [-0.39, 0.29) is 0 Å². The van der Waals surface area contributed by atoms with E-state index in [0.717, 1.165) is 12.5 Å². The summed E-state index contributed by atoms with van der Waals surface area (Å²) in [6.07, 6.45) is 7.95. The average Bonchev–Trinajstić information content (AvgIpc) is 2.22. The fourth-order valence-electron chi connectivity index (χ4n) is 2.66. The summed E-state index contributed by atoms with van der Waals surface area (Å²) in [7, 11) is 0. The van der Waals surface area contributed by atoms with Crippen molar-refractivity contribution in [2.24, 2.45) is 11.7 Å². The first kappa shape index (κ1) is 13.0. The molecule has 15 heavy (non-hydrogen) atoms. The van der Waals surface area contributed by atoms with Crippen molar-refractivity contribution in [1.82, 2.24) is 4.90 Å². The van der Waals surface area contributed by atoms with Gasteiger partial charge in [-0.2, -0.15) is 0 Å². The maximum atomic E-state index is 6.07. The summed E-state index contributed by atoms with van der Waals surface area (Å²) in [5.74, 6) is 0.994. The van der Waals surface area contributed by atoms with E-state index >= 15 is 0 Å². The smallest absolute Gasteiger partial charge is 0.0167 e. The molecule has 1 rings (SSSR count). The second-order valence-corrected chi connectivity index (χ2v) is 5.08. The molecule has 0 aromatic heterocycles. The van der Waals surface area contributed by atoms with Crippen LogP contribution in [-0.4, -0.2) is 30.6 Å². The third-order valence-corrected chi connectivity index (χ3v) is 3.56. The van der Waals surface area contributed by atoms with Crippen LogP contribution in [0.2, 0.25) is 0 Å². The van der Waals surface area contributed by atoms with Crippen LogP contribution in [-0.2, 0) is 0 Å². The highest BCUT2D eigenvalue weighted by Crippen LogP contribution is 2.21. The molecule has 1 aliphatic heterocycles. The van der Waals surface area contributed by atoms with E-state index in [1.807, 2.05) is 0 Å². The van der Waals surface area contributed by atoms with E-state index in [2.05, 4.69) is 18.7 Å². The second-order valence-electron chi connectivity index (χ2n) is 5.08. The van der Waals surface area contributed by atoms with Gasteiger partial charge in [0.05, 0.1) is 0 Å². The van der Waals surface area contributed by atoms with Gasteiger partial charge >= 0.3 is 0 Å². The predicted molar refractivity (Wildman–Crippen MR) is 67.0 cm³/mol. The highest BCUT2D eigenvalue weighted by Gasteiger charge is 2.19. The zero-order valence-corrected chi connectivity index (χ0v) is 10.5. The molecule has 0 aromatic carbocycles. The number of rotatable bonds is 6. The first-order valence-corrected chi connectivity index (χ1v) is 6.74. The van der Waals surface area contributed by atoms with Crippen molar-refractivity contribution >= 4 is 0 Å². The average molecular weight is 212 g/mol. The van der Waals surface area contributed by atoms with E-state index in [0.29, 0.717) is 6.04 Å². The predicted octanol–water partition coefficient (Wildman–Crippen LogP) is 2.63. The van der Waals surface area contributed by atoms with Crippen LogP contribution in [0.3, 0.4) is 0 Å². The van der Waals surface area contributed by atoms with Crippen molar-refractivity contribution < 1.29 is 0 Å². The maximum Gasteiger partial charge on any atom is 0.0167 e. The fourth-order valence-corrected chi connectivity index (χ4v) is 2.66. The quantitative estimate of drug-likeness (QED) is 0.733. The lowest BCUT2D eigenvalue weighted by atomic mass is 9.92. The van der Waals surface area contributed by atoms with Crippen molar-refractivity contribution in [1.29, 1.82) is 0 Å².